The van der Waals surface area contributed by atoms with E-state index in [0.29, 0.717) is 17.5 Å². The fourth-order valence-electron chi connectivity index (χ4n) is 2.33. The zero-order chi connectivity index (χ0) is 17.5. The smallest absolute Gasteiger partial charge is 0.258 e. The Balaban J connectivity index is 2.15. The van der Waals surface area contributed by atoms with Gasteiger partial charge < -0.3 is 15.3 Å². The van der Waals surface area contributed by atoms with Gasteiger partial charge in [-0.15, -0.1) is 0 Å². The van der Waals surface area contributed by atoms with Gasteiger partial charge in [-0.1, -0.05) is 24.3 Å². The van der Waals surface area contributed by atoms with Gasteiger partial charge in [0.1, 0.15) is 0 Å². The number of carbonyl (C=O) groups is 2. The Morgan fingerprint density at radius 3 is 2.42 bits per heavy atom. The molecule has 0 aliphatic rings. The predicted molar refractivity (Wildman–Crippen MR) is 94.2 cm³/mol. The molecule has 0 aromatic heterocycles. The fourth-order valence-corrected chi connectivity index (χ4v) is 2.33. The van der Waals surface area contributed by atoms with Crippen molar-refractivity contribution in [3.05, 3.63) is 65.7 Å². The molecule has 0 aliphatic heterocycles. The highest BCUT2D eigenvalue weighted by Gasteiger charge is 2.16. The summed E-state index contributed by atoms with van der Waals surface area (Å²) < 4.78 is 0. The van der Waals surface area contributed by atoms with Crippen molar-refractivity contribution < 1.29 is 14.7 Å². The highest BCUT2D eigenvalue weighted by Crippen LogP contribution is 2.15. The van der Waals surface area contributed by atoms with Crippen molar-refractivity contribution >= 4 is 17.5 Å². The zero-order valence-corrected chi connectivity index (χ0v) is 13.9. The standard InChI is InChI=1S/C19H22N2O3/c1-14(11-12-22)20-18(23)15-7-6-8-16(13-15)19(24)21(2)17-9-4-3-5-10-17/h3-10,13-14,22H,11-12H2,1-2H3,(H,20,23). The molecule has 2 rings (SSSR count). The van der Waals surface area contributed by atoms with Gasteiger partial charge in [-0.25, -0.2) is 0 Å². The van der Waals surface area contributed by atoms with Gasteiger partial charge in [0.15, 0.2) is 0 Å². The average molecular weight is 326 g/mol. The summed E-state index contributed by atoms with van der Waals surface area (Å²) in [5.41, 5.74) is 1.66. The molecule has 1 unspecified atom stereocenters. The number of rotatable bonds is 6. The van der Waals surface area contributed by atoms with E-state index in [1.165, 1.54) is 0 Å². The highest BCUT2D eigenvalue weighted by atomic mass is 16.3. The minimum atomic E-state index is -0.257. The van der Waals surface area contributed by atoms with Crippen LogP contribution in [-0.2, 0) is 0 Å². The van der Waals surface area contributed by atoms with Gasteiger partial charge in [0.2, 0.25) is 0 Å². The average Bonchev–Trinajstić information content (AvgIpc) is 2.61. The van der Waals surface area contributed by atoms with E-state index in [9.17, 15) is 9.59 Å². The quantitative estimate of drug-likeness (QED) is 0.857. The number of nitrogens with one attached hydrogen (secondary N) is 1. The van der Waals surface area contributed by atoms with Gasteiger partial charge in [0.25, 0.3) is 11.8 Å². The maximum Gasteiger partial charge on any atom is 0.258 e. The first-order valence-corrected chi connectivity index (χ1v) is 7.88. The summed E-state index contributed by atoms with van der Waals surface area (Å²) in [4.78, 5) is 26.4. The third-order valence-corrected chi connectivity index (χ3v) is 3.76. The van der Waals surface area contributed by atoms with E-state index in [1.807, 2.05) is 37.3 Å². The molecule has 0 radical (unpaired) electrons. The number of anilines is 1. The molecule has 2 N–H and O–H groups in total. The van der Waals surface area contributed by atoms with Crippen LogP contribution in [-0.4, -0.2) is 36.6 Å². The first-order valence-electron chi connectivity index (χ1n) is 7.88. The topological polar surface area (TPSA) is 69.6 Å². The first kappa shape index (κ1) is 17.7. The molecule has 0 spiro atoms. The number of nitrogens with zero attached hydrogens (tertiary/aromatic N) is 1. The second-order valence-corrected chi connectivity index (χ2v) is 5.67. The van der Waals surface area contributed by atoms with E-state index in [-0.39, 0.29) is 24.5 Å². The van der Waals surface area contributed by atoms with Crippen molar-refractivity contribution in [2.45, 2.75) is 19.4 Å². The van der Waals surface area contributed by atoms with Crippen molar-refractivity contribution in [1.29, 1.82) is 0 Å². The molecular formula is C19H22N2O3. The van der Waals surface area contributed by atoms with E-state index < -0.39 is 0 Å². The van der Waals surface area contributed by atoms with Gasteiger partial charge in [-0.3, -0.25) is 9.59 Å². The van der Waals surface area contributed by atoms with Crippen LogP contribution in [0.25, 0.3) is 0 Å². The van der Waals surface area contributed by atoms with Crippen molar-refractivity contribution in [3.63, 3.8) is 0 Å². The molecule has 0 saturated heterocycles. The van der Waals surface area contributed by atoms with E-state index in [2.05, 4.69) is 5.32 Å². The molecule has 126 valence electrons. The molecular weight excluding hydrogens is 304 g/mol. The Hall–Kier alpha value is -2.66. The van der Waals surface area contributed by atoms with Crippen LogP contribution < -0.4 is 10.2 Å². The second kappa shape index (κ2) is 8.26. The van der Waals surface area contributed by atoms with E-state index in [0.717, 1.165) is 5.69 Å². The van der Waals surface area contributed by atoms with Crippen molar-refractivity contribution in [3.8, 4) is 0 Å². The Labute approximate surface area is 141 Å². The lowest BCUT2D eigenvalue weighted by Crippen LogP contribution is -2.33. The van der Waals surface area contributed by atoms with E-state index in [4.69, 9.17) is 5.11 Å². The summed E-state index contributed by atoms with van der Waals surface area (Å²) in [5, 5.41) is 11.7. The van der Waals surface area contributed by atoms with Crippen LogP contribution in [0.3, 0.4) is 0 Å². The number of hydrogen-bond donors (Lipinski definition) is 2. The third kappa shape index (κ3) is 4.43. The van der Waals surface area contributed by atoms with Crippen molar-refractivity contribution in [1.82, 2.24) is 5.32 Å². The summed E-state index contributed by atoms with van der Waals surface area (Å²) in [7, 11) is 1.70. The Morgan fingerprint density at radius 2 is 1.75 bits per heavy atom. The van der Waals surface area contributed by atoms with Gasteiger partial charge in [-0.05, 0) is 43.7 Å². The van der Waals surface area contributed by atoms with E-state index in [1.54, 1.807) is 36.2 Å². The fraction of sp³-hybridized carbons (Fsp3) is 0.263. The normalized spacial score (nSPS) is 11.6. The molecule has 2 aromatic carbocycles. The molecule has 1 atom stereocenters. The number of amides is 2. The first-order chi connectivity index (χ1) is 11.5. The lowest BCUT2D eigenvalue weighted by Gasteiger charge is -2.18. The van der Waals surface area contributed by atoms with Gasteiger partial charge >= 0.3 is 0 Å². The lowest BCUT2D eigenvalue weighted by molar-refractivity contribution is 0.0934. The van der Waals surface area contributed by atoms with E-state index >= 15 is 0 Å². The number of carbonyl (C=O) groups excluding carboxylic acids is 2. The molecule has 0 bridgehead atoms. The number of benzene rings is 2. The highest BCUT2D eigenvalue weighted by molar-refractivity contribution is 6.07. The minimum Gasteiger partial charge on any atom is -0.396 e. The molecule has 5 nitrogen and oxygen atoms in total. The van der Waals surface area contributed by atoms with Crippen LogP contribution in [0.2, 0.25) is 0 Å². The summed E-state index contributed by atoms with van der Waals surface area (Å²) in [6.45, 7) is 1.84. The molecule has 0 aliphatic carbocycles. The Morgan fingerprint density at radius 1 is 1.08 bits per heavy atom. The van der Waals surface area contributed by atoms with Gasteiger partial charge in [0, 0.05) is 36.5 Å². The summed E-state index contributed by atoms with van der Waals surface area (Å²) in [5.74, 6) is -0.438. The molecule has 0 heterocycles. The SMILES string of the molecule is CC(CCO)NC(=O)c1cccc(C(=O)N(C)c2ccccc2)c1. The predicted octanol–water partition coefficient (Wildman–Crippen LogP) is 2.46. The van der Waals surface area contributed by atoms with Crippen LogP contribution in [0.5, 0.6) is 0 Å². The van der Waals surface area contributed by atoms with Crippen LogP contribution in [0.15, 0.2) is 54.6 Å². The van der Waals surface area contributed by atoms with Crippen LogP contribution in [0.1, 0.15) is 34.1 Å². The van der Waals surface area contributed by atoms with Crippen LogP contribution in [0.4, 0.5) is 5.69 Å². The number of para-hydroxylation sites is 1. The number of aliphatic hydroxyl groups is 1. The summed E-state index contributed by atoms with van der Waals surface area (Å²) in [6.07, 6.45) is 0.487. The Bertz CT molecular complexity index is 701. The van der Waals surface area contributed by atoms with Crippen LogP contribution >= 0.6 is 0 Å². The largest absolute Gasteiger partial charge is 0.396 e. The monoisotopic (exact) mass is 326 g/mol. The zero-order valence-electron chi connectivity index (χ0n) is 13.9. The van der Waals surface area contributed by atoms with Gasteiger partial charge in [0.05, 0.1) is 0 Å². The molecule has 5 heteroatoms. The number of aliphatic hydroxyl groups excluding tert-OH is 1. The maximum absolute atomic E-state index is 12.6. The molecule has 2 aromatic rings. The minimum absolute atomic E-state index is 0.0157. The lowest BCUT2D eigenvalue weighted by atomic mass is 10.1. The molecule has 0 fully saturated rings. The maximum atomic E-state index is 12.6. The van der Waals surface area contributed by atoms with Crippen molar-refractivity contribution in [2.75, 3.05) is 18.6 Å². The summed E-state index contributed by atoms with van der Waals surface area (Å²) in [6, 6.07) is 15.8. The molecule has 0 saturated carbocycles. The van der Waals surface area contributed by atoms with Gasteiger partial charge in [-0.2, -0.15) is 0 Å². The second-order valence-electron chi connectivity index (χ2n) is 5.67. The molecule has 24 heavy (non-hydrogen) atoms. The molecule has 2 amide bonds. The number of hydrogen-bond acceptors (Lipinski definition) is 3. The van der Waals surface area contributed by atoms with Crippen molar-refractivity contribution in [2.24, 2.45) is 0 Å². The summed E-state index contributed by atoms with van der Waals surface area (Å²) >= 11 is 0. The van der Waals surface area contributed by atoms with Crippen LogP contribution in [0, 0.1) is 0 Å². The Kier molecular flexibility index (Phi) is 6.09. The third-order valence-electron chi connectivity index (χ3n) is 3.76.